The Balaban J connectivity index is 2.11. The minimum atomic E-state index is 0.516. The van der Waals surface area contributed by atoms with Crippen molar-refractivity contribution < 1.29 is 18.9 Å². The molecule has 0 bridgehead atoms. The van der Waals surface area contributed by atoms with E-state index in [1.807, 2.05) is 18.2 Å². The molecule has 0 heterocycles. The highest BCUT2D eigenvalue weighted by Crippen LogP contribution is 2.22. The molecular weight excluding hydrogens is 338 g/mol. The van der Waals surface area contributed by atoms with Gasteiger partial charge in [0.25, 0.3) is 0 Å². The molecule has 0 aliphatic rings. The maximum atomic E-state index is 5.65. The molecule has 0 fully saturated rings. The molecule has 0 aliphatic heterocycles. The summed E-state index contributed by atoms with van der Waals surface area (Å²) in [6, 6.07) is 5.91. The van der Waals surface area contributed by atoms with Gasteiger partial charge in [-0.05, 0) is 36.7 Å². The molecule has 0 aromatic heterocycles. The third-order valence-corrected chi connectivity index (χ3v) is 3.50. The van der Waals surface area contributed by atoms with Gasteiger partial charge in [-0.25, -0.2) is 0 Å². The molecule has 0 atom stereocenters. The van der Waals surface area contributed by atoms with Gasteiger partial charge < -0.3 is 24.7 Å². The van der Waals surface area contributed by atoms with Crippen LogP contribution in [0.15, 0.2) is 22.7 Å². The van der Waals surface area contributed by atoms with Crippen LogP contribution in [0.25, 0.3) is 0 Å². The average molecular weight is 362 g/mol. The second-order valence-corrected chi connectivity index (χ2v) is 5.21. The molecular formula is C15H24BrNO4. The monoisotopic (exact) mass is 361 g/mol. The Hall–Kier alpha value is -0.660. The predicted molar refractivity (Wildman–Crippen MR) is 85.9 cm³/mol. The molecule has 0 radical (unpaired) electrons. The zero-order valence-corrected chi connectivity index (χ0v) is 14.1. The Morgan fingerprint density at radius 1 is 1.00 bits per heavy atom. The molecule has 5 nitrogen and oxygen atoms in total. The van der Waals surface area contributed by atoms with Crippen molar-refractivity contribution in [3.63, 3.8) is 0 Å². The summed E-state index contributed by atoms with van der Waals surface area (Å²) in [4.78, 5) is 0. The van der Waals surface area contributed by atoms with Gasteiger partial charge in [0.1, 0.15) is 12.4 Å². The number of hydrogen-bond donors (Lipinski definition) is 1. The van der Waals surface area contributed by atoms with E-state index in [1.54, 1.807) is 7.11 Å². The van der Waals surface area contributed by atoms with Crippen LogP contribution in [0.4, 0.5) is 0 Å². The topological polar surface area (TPSA) is 62.9 Å². The van der Waals surface area contributed by atoms with Crippen LogP contribution in [0.3, 0.4) is 0 Å². The summed E-state index contributed by atoms with van der Waals surface area (Å²) in [6.07, 6.45) is 0.826. The lowest BCUT2D eigenvalue weighted by molar-refractivity contribution is 0.0179. The van der Waals surface area contributed by atoms with Crippen LogP contribution in [0.5, 0.6) is 5.75 Å². The van der Waals surface area contributed by atoms with Crippen molar-refractivity contribution in [1.29, 1.82) is 0 Å². The Kier molecular flexibility index (Phi) is 10.5. The first kappa shape index (κ1) is 18.4. The fraction of sp³-hybridized carbons (Fsp3) is 0.600. The van der Waals surface area contributed by atoms with Crippen LogP contribution in [-0.2, 0) is 20.6 Å². The molecule has 21 heavy (non-hydrogen) atoms. The van der Waals surface area contributed by atoms with Gasteiger partial charge in [0, 0.05) is 11.6 Å². The van der Waals surface area contributed by atoms with E-state index in [1.165, 1.54) is 0 Å². The van der Waals surface area contributed by atoms with E-state index in [2.05, 4.69) is 15.9 Å². The molecule has 0 amide bonds. The highest BCUT2D eigenvalue weighted by Gasteiger charge is 2.02. The van der Waals surface area contributed by atoms with Crippen molar-refractivity contribution >= 4 is 15.9 Å². The first-order chi connectivity index (χ1) is 10.3. The lowest BCUT2D eigenvalue weighted by Crippen LogP contribution is -2.12. The number of nitrogens with two attached hydrogens (primary N) is 1. The lowest BCUT2D eigenvalue weighted by atomic mass is 10.1. The van der Waals surface area contributed by atoms with Gasteiger partial charge in [-0.2, -0.15) is 0 Å². The highest BCUT2D eigenvalue weighted by atomic mass is 79.9. The predicted octanol–water partition coefficient (Wildman–Crippen LogP) is 2.01. The van der Waals surface area contributed by atoms with Crippen molar-refractivity contribution in [2.24, 2.45) is 5.73 Å². The molecule has 1 rings (SSSR count). The van der Waals surface area contributed by atoms with Crippen molar-refractivity contribution in [2.75, 3.05) is 53.3 Å². The van der Waals surface area contributed by atoms with Gasteiger partial charge >= 0.3 is 0 Å². The van der Waals surface area contributed by atoms with Crippen molar-refractivity contribution in [1.82, 2.24) is 0 Å². The Bertz CT molecular complexity index is 390. The Labute approximate surface area is 134 Å². The number of benzene rings is 1. The van der Waals surface area contributed by atoms with Crippen LogP contribution < -0.4 is 10.5 Å². The molecule has 0 saturated heterocycles. The molecule has 1 aromatic rings. The van der Waals surface area contributed by atoms with Gasteiger partial charge in [0.2, 0.25) is 0 Å². The Morgan fingerprint density at radius 2 is 1.67 bits per heavy atom. The van der Waals surface area contributed by atoms with Gasteiger partial charge in [0.15, 0.2) is 0 Å². The number of ether oxygens (including phenoxy) is 4. The SMILES string of the molecule is COCCOCCOCCOc1ccc(Br)c(CCN)c1. The van der Waals surface area contributed by atoms with E-state index < -0.39 is 0 Å². The van der Waals surface area contributed by atoms with Crippen molar-refractivity contribution in [3.8, 4) is 5.75 Å². The summed E-state index contributed by atoms with van der Waals surface area (Å²) in [5.41, 5.74) is 6.73. The molecule has 120 valence electrons. The van der Waals surface area contributed by atoms with Gasteiger partial charge in [-0.15, -0.1) is 0 Å². The largest absolute Gasteiger partial charge is 0.491 e. The zero-order chi connectivity index (χ0) is 15.3. The third-order valence-electron chi connectivity index (χ3n) is 2.73. The van der Waals surface area contributed by atoms with Gasteiger partial charge in [0.05, 0.1) is 33.0 Å². The summed E-state index contributed by atoms with van der Waals surface area (Å²) >= 11 is 3.50. The molecule has 0 aliphatic carbocycles. The van der Waals surface area contributed by atoms with Crippen molar-refractivity contribution in [3.05, 3.63) is 28.2 Å². The van der Waals surface area contributed by atoms with Crippen molar-refractivity contribution in [2.45, 2.75) is 6.42 Å². The maximum absolute atomic E-state index is 5.65. The molecule has 0 spiro atoms. The van der Waals surface area contributed by atoms with Crippen LogP contribution in [0.2, 0.25) is 0 Å². The molecule has 2 N–H and O–H groups in total. The first-order valence-electron chi connectivity index (χ1n) is 7.03. The van der Waals surface area contributed by atoms with E-state index in [0.717, 1.165) is 22.2 Å². The maximum Gasteiger partial charge on any atom is 0.119 e. The fourth-order valence-electron chi connectivity index (χ4n) is 1.67. The van der Waals surface area contributed by atoms with Crippen LogP contribution in [-0.4, -0.2) is 53.3 Å². The second-order valence-electron chi connectivity index (χ2n) is 4.36. The van der Waals surface area contributed by atoms with Crippen LogP contribution in [0.1, 0.15) is 5.56 Å². The summed E-state index contributed by atoms with van der Waals surface area (Å²) in [7, 11) is 1.65. The molecule has 0 unspecified atom stereocenters. The number of rotatable bonds is 12. The zero-order valence-electron chi connectivity index (χ0n) is 12.5. The van der Waals surface area contributed by atoms with E-state index in [0.29, 0.717) is 46.2 Å². The van der Waals surface area contributed by atoms with E-state index >= 15 is 0 Å². The number of methoxy groups -OCH3 is 1. The molecule has 6 heteroatoms. The van der Waals surface area contributed by atoms with Crippen LogP contribution in [0, 0.1) is 0 Å². The summed E-state index contributed by atoms with van der Waals surface area (Å²) in [6.45, 7) is 4.01. The van der Waals surface area contributed by atoms with E-state index in [9.17, 15) is 0 Å². The summed E-state index contributed by atoms with van der Waals surface area (Å²) < 4.78 is 22.3. The normalized spacial score (nSPS) is 10.8. The first-order valence-corrected chi connectivity index (χ1v) is 7.83. The minimum absolute atomic E-state index is 0.516. The number of halogens is 1. The number of hydrogen-bond acceptors (Lipinski definition) is 5. The standard InChI is InChI=1S/C15H24BrNO4/c1-18-6-7-19-8-9-20-10-11-21-14-2-3-15(16)13(12-14)4-5-17/h2-3,12H,4-11,17H2,1H3. The van der Waals surface area contributed by atoms with Crippen LogP contribution >= 0.6 is 15.9 Å². The fourth-order valence-corrected chi connectivity index (χ4v) is 2.12. The van der Waals surface area contributed by atoms with E-state index in [-0.39, 0.29) is 0 Å². The van der Waals surface area contributed by atoms with E-state index in [4.69, 9.17) is 24.7 Å². The summed E-state index contributed by atoms with van der Waals surface area (Å²) in [5.74, 6) is 0.835. The Morgan fingerprint density at radius 3 is 2.33 bits per heavy atom. The third kappa shape index (κ3) is 8.38. The lowest BCUT2D eigenvalue weighted by Gasteiger charge is -2.10. The highest BCUT2D eigenvalue weighted by molar-refractivity contribution is 9.10. The van der Waals surface area contributed by atoms with Gasteiger partial charge in [-0.3, -0.25) is 0 Å². The minimum Gasteiger partial charge on any atom is -0.491 e. The average Bonchev–Trinajstić information content (AvgIpc) is 2.49. The summed E-state index contributed by atoms with van der Waals surface area (Å²) in [5, 5.41) is 0. The second kappa shape index (κ2) is 11.9. The molecule has 1 aromatic carbocycles. The molecule has 0 saturated carbocycles. The quantitative estimate of drug-likeness (QED) is 0.577. The van der Waals surface area contributed by atoms with Gasteiger partial charge in [-0.1, -0.05) is 15.9 Å². The smallest absolute Gasteiger partial charge is 0.119 e.